The quantitative estimate of drug-likeness (QED) is 0.0322. The molecule has 0 bridgehead atoms. The zero-order chi connectivity index (χ0) is 44.5. The molecule has 6 heteroatoms. The van der Waals surface area contributed by atoms with Gasteiger partial charge in [-0.1, -0.05) is 256 Å². The van der Waals surface area contributed by atoms with Gasteiger partial charge in [-0.15, -0.1) is 0 Å². The van der Waals surface area contributed by atoms with Crippen LogP contribution in [0.25, 0.3) is 0 Å². The molecule has 6 nitrogen and oxygen atoms in total. The molecule has 0 saturated heterocycles. The Hall–Kier alpha value is -2.18. The lowest BCUT2D eigenvalue weighted by Gasteiger charge is -2.24. The number of allylic oxidation sites excluding steroid dienone is 8. The van der Waals surface area contributed by atoms with E-state index < -0.39 is 18.2 Å². The summed E-state index contributed by atoms with van der Waals surface area (Å²) >= 11 is 0. The Morgan fingerprint density at radius 1 is 0.492 bits per heavy atom. The van der Waals surface area contributed by atoms with Gasteiger partial charge in [-0.05, 0) is 44.9 Å². The normalized spacial score (nSPS) is 13.6. The molecule has 3 N–H and O–H groups in total. The van der Waals surface area contributed by atoms with Crippen molar-refractivity contribution < 1.29 is 24.5 Å². The molecule has 3 unspecified atom stereocenters. The number of rotatable bonds is 47. The Bertz CT molecular complexity index is 1050. The lowest BCUT2D eigenvalue weighted by Crippen LogP contribution is -2.46. The fourth-order valence-electron chi connectivity index (χ4n) is 8.03. The average molecular weight is 856 g/mol. The smallest absolute Gasteiger partial charge is 0.306 e. The van der Waals surface area contributed by atoms with Crippen LogP contribution in [0.15, 0.2) is 48.6 Å². The number of amides is 1. The molecule has 3 atom stereocenters. The van der Waals surface area contributed by atoms with Gasteiger partial charge < -0.3 is 20.3 Å². The summed E-state index contributed by atoms with van der Waals surface area (Å²) in [5, 5.41) is 23.8. The molecule has 0 aliphatic carbocycles. The van der Waals surface area contributed by atoms with Gasteiger partial charge >= 0.3 is 5.97 Å². The SMILES string of the molecule is CC/C=C/C=C/C=C/C=C\CCCCCCCC(=O)OC(CCCCCCCCCCCCC)CC(=O)NC(CO)C(O)CCCCCCCCCCCCCCCCCC. The minimum atomic E-state index is -0.790. The fraction of sp³-hybridized carbons (Fsp3) is 0.818. The zero-order valence-corrected chi connectivity index (χ0v) is 40.5. The first kappa shape index (κ1) is 58.8. The summed E-state index contributed by atoms with van der Waals surface area (Å²) in [6, 6.07) is -0.704. The molecule has 1 amide bonds. The monoisotopic (exact) mass is 856 g/mol. The van der Waals surface area contributed by atoms with Crippen molar-refractivity contribution in [1.82, 2.24) is 5.32 Å². The van der Waals surface area contributed by atoms with Crippen LogP contribution in [0.5, 0.6) is 0 Å². The van der Waals surface area contributed by atoms with Crippen molar-refractivity contribution in [2.24, 2.45) is 0 Å². The first-order valence-corrected chi connectivity index (χ1v) is 26.4. The lowest BCUT2D eigenvalue weighted by atomic mass is 10.0. The molecule has 0 aromatic rings. The van der Waals surface area contributed by atoms with Gasteiger partial charge in [0, 0.05) is 6.42 Å². The number of aliphatic hydroxyl groups is 2. The molecular weight excluding hydrogens is 755 g/mol. The highest BCUT2D eigenvalue weighted by molar-refractivity contribution is 5.77. The molecule has 0 aromatic heterocycles. The Balaban J connectivity index is 4.52. The largest absolute Gasteiger partial charge is 0.462 e. The third-order valence-corrected chi connectivity index (χ3v) is 12.0. The highest BCUT2D eigenvalue weighted by atomic mass is 16.5. The van der Waals surface area contributed by atoms with E-state index in [0.717, 1.165) is 70.6 Å². The second kappa shape index (κ2) is 48.8. The van der Waals surface area contributed by atoms with E-state index in [9.17, 15) is 19.8 Å². The fourth-order valence-corrected chi connectivity index (χ4v) is 8.03. The second-order valence-corrected chi connectivity index (χ2v) is 18.0. The minimum Gasteiger partial charge on any atom is -0.462 e. The number of nitrogens with one attached hydrogen (secondary N) is 1. The molecule has 0 saturated carbocycles. The summed E-state index contributed by atoms with van der Waals surface area (Å²) in [7, 11) is 0. The molecule has 0 rings (SSSR count). The van der Waals surface area contributed by atoms with Gasteiger partial charge in [-0.2, -0.15) is 0 Å². The van der Waals surface area contributed by atoms with E-state index in [-0.39, 0.29) is 24.9 Å². The van der Waals surface area contributed by atoms with E-state index >= 15 is 0 Å². The van der Waals surface area contributed by atoms with Crippen LogP contribution >= 0.6 is 0 Å². The molecule has 0 heterocycles. The van der Waals surface area contributed by atoms with Gasteiger partial charge in [0.15, 0.2) is 0 Å². The minimum absolute atomic E-state index is 0.0701. The van der Waals surface area contributed by atoms with Crippen molar-refractivity contribution in [2.45, 2.75) is 283 Å². The van der Waals surface area contributed by atoms with E-state index in [2.05, 4.69) is 56.5 Å². The molecule has 0 spiro atoms. The number of aliphatic hydroxyl groups excluding tert-OH is 2. The summed E-state index contributed by atoms with van der Waals surface area (Å²) in [5.41, 5.74) is 0. The van der Waals surface area contributed by atoms with Crippen LogP contribution in [-0.2, 0) is 14.3 Å². The standard InChI is InChI=1S/C55H101NO5/c1-4-7-10-13-16-19-22-24-26-28-29-32-35-38-41-44-47-53(58)52(50-57)56-54(59)49-51(46-43-40-37-34-31-21-18-15-12-9-6-3)61-55(60)48-45-42-39-36-33-30-27-25-23-20-17-14-11-8-5-2/h8,11,14,17,20,23,25,27,51-53,57-58H,4-7,9-10,12-13,15-16,18-19,21-22,24,26,28-50H2,1-3H3,(H,56,59)/b11-8+,17-14+,23-20+,27-25-. The number of hydrogen-bond donors (Lipinski definition) is 3. The van der Waals surface area contributed by atoms with Crippen LogP contribution in [0.2, 0.25) is 0 Å². The molecule has 0 aromatic carbocycles. The highest BCUT2D eigenvalue weighted by Gasteiger charge is 2.24. The van der Waals surface area contributed by atoms with Crippen molar-refractivity contribution in [1.29, 1.82) is 0 Å². The Morgan fingerprint density at radius 3 is 1.34 bits per heavy atom. The molecule has 0 aliphatic rings. The van der Waals surface area contributed by atoms with Crippen LogP contribution in [0.3, 0.4) is 0 Å². The van der Waals surface area contributed by atoms with Crippen molar-refractivity contribution in [2.75, 3.05) is 6.61 Å². The van der Waals surface area contributed by atoms with Crippen LogP contribution in [-0.4, -0.2) is 46.9 Å². The Morgan fingerprint density at radius 2 is 0.885 bits per heavy atom. The topological polar surface area (TPSA) is 95.9 Å². The summed E-state index contributed by atoms with van der Waals surface area (Å²) in [6.45, 7) is 6.35. The van der Waals surface area contributed by atoms with E-state index in [1.807, 2.05) is 18.2 Å². The van der Waals surface area contributed by atoms with Gasteiger partial charge in [-0.3, -0.25) is 9.59 Å². The number of esters is 1. The van der Waals surface area contributed by atoms with E-state index in [1.165, 1.54) is 148 Å². The van der Waals surface area contributed by atoms with Crippen LogP contribution in [0.4, 0.5) is 0 Å². The summed E-state index contributed by atoms with van der Waals surface area (Å²) in [6.07, 6.45) is 58.8. The van der Waals surface area contributed by atoms with Crippen molar-refractivity contribution >= 4 is 11.9 Å². The summed E-state index contributed by atoms with van der Waals surface area (Å²) in [4.78, 5) is 26.1. The first-order chi connectivity index (χ1) is 30.0. The van der Waals surface area contributed by atoms with E-state index in [1.54, 1.807) is 0 Å². The van der Waals surface area contributed by atoms with Crippen molar-refractivity contribution in [3.63, 3.8) is 0 Å². The molecule has 0 radical (unpaired) electrons. The first-order valence-electron chi connectivity index (χ1n) is 26.4. The zero-order valence-electron chi connectivity index (χ0n) is 40.5. The van der Waals surface area contributed by atoms with E-state index in [0.29, 0.717) is 19.3 Å². The van der Waals surface area contributed by atoms with Gasteiger partial charge in [-0.25, -0.2) is 0 Å². The number of carbonyl (C=O) groups is 2. The summed E-state index contributed by atoms with van der Waals surface area (Å²) in [5.74, 6) is -0.492. The van der Waals surface area contributed by atoms with Crippen LogP contribution < -0.4 is 5.32 Å². The number of ether oxygens (including phenoxy) is 1. The average Bonchev–Trinajstić information content (AvgIpc) is 3.25. The summed E-state index contributed by atoms with van der Waals surface area (Å²) < 4.78 is 5.92. The number of hydrogen-bond acceptors (Lipinski definition) is 5. The molecule has 0 aliphatic heterocycles. The van der Waals surface area contributed by atoms with Crippen molar-refractivity contribution in [3.05, 3.63) is 48.6 Å². The lowest BCUT2D eigenvalue weighted by molar-refractivity contribution is -0.151. The highest BCUT2D eigenvalue weighted by Crippen LogP contribution is 2.18. The Kier molecular flexibility index (Phi) is 47.1. The number of unbranched alkanes of at least 4 members (excludes halogenated alkanes) is 30. The van der Waals surface area contributed by atoms with Crippen molar-refractivity contribution in [3.8, 4) is 0 Å². The third kappa shape index (κ3) is 44.2. The maximum atomic E-state index is 13.2. The third-order valence-electron chi connectivity index (χ3n) is 12.0. The maximum Gasteiger partial charge on any atom is 0.306 e. The van der Waals surface area contributed by atoms with Gasteiger partial charge in [0.2, 0.25) is 5.91 Å². The predicted molar refractivity (Wildman–Crippen MR) is 264 cm³/mol. The predicted octanol–water partition coefficient (Wildman–Crippen LogP) is 15.8. The van der Waals surface area contributed by atoms with Gasteiger partial charge in [0.1, 0.15) is 6.10 Å². The molecular formula is C55H101NO5. The van der Waals surface area contributed by atoms with Crippen LogP contribution in [0.1, 0.15) is 265 Å². The van der Waals surface area contributed by atoms with Gasteiger partial charge in [0.05, 0.1) is 25.2 Å². The van der Waals surface area contributed by atoms with E-state index in [4.69, 9.17) is 4.74 Å². The van der Waals surface area contributed by atoms with Gasteiger partial charge in [0.25, 0.3) is 0 Å². The number of carbonyl (C=O) groups excluding carboxylic acids is 2. The molecule has 356 valence electrons. The molecule has 0 fully saturated rings. The molecule has 61 heavy (non-hydrogen) atoms. The van der Waals surface area contributed by atoms with Crippen LogP contribution in [0, 0.1) is 0 Å². The second-order valence-electron chi connectivity index (χ2n) is 18.0. The maximum absolute atomic E-state index is 13.2. The Labute approximate surface area is 378 Å².